The Morgan fingerprint density at radius 2 is 2.19 bits per heavy atom. The lowest BCUT2D eigenvalue weighted by Crippen LogP contribution is -2.25. The zero-order valence-corrected chi connectivity index (χ0v) is 10.1. The number of nitrogens with zero attached hydrogens (tertiary/aromatic N) is 2. The van der Waals surface area contributed by atoms with Crippen LogP contribution in [0.25, 0.3) is 0 Å². The lowest BCUT2D eigenvalue weighted by molar-refractivity contribution is 0.473. The van der Waals surface area contributed by atoms with Crippen LogP contribution in [-0.2, 0) is 19.4 Å². The molecule has 3 nitrogen and oxygen atoms in total. The normalized spacial score (nSPS) is 21.3. The number of hydrogen-bond donors (Lipinski definition) is 1. The first kappa shape index (κ1) is 10.3. The highest BCUT2D eigenvalue weighted by Crippen LogP contribution is 2.33. The topological polar surface area (TPSA) is 29.9 Å². The largest absolute Gasteiger partial charge is 0.329 e. The van der Waals surface area contributed by atoms with E-state index in [0.29, 0.717) is 0 Å². The summed E-state index contributed by atoms with van der Waals surface area (Å²) in [6.07, 6.45) is 7.77. The number of fused-ring (bicyclic) bond motifs is 1. The fourth-order valence-electron chi connectivity index (χ4n) is 3.23. The van der Waals surface area contributed by atoms with E-state index < -0.39 is 0 Å². The van der Waals surface area contributed by atoms with Crippen LogP contribution in [0.1, 0.15) is 55.9 Å². The number of rotatable bonds is 2. The molecule has 3 heteroatoms. The van der Waals surface area contributed by atoms with E-state index in [0.717, 1.165) is 25.6 Å². The molecule has 16 heavy (non-hydrogen) atoms. The van der Waals surface area contributed by atoms with Crippen LogP contribution < -0.4 is 5.32 Å². The van der Waals surface area contributed by atoms with Gasteiger partial charge >= 0.3 is 0 Å². The summed E-state index contributed by atoms with van der Waals surface area (Å²) in [5.74, 6) is 1.32. The van der Waals surface area contributed by atoms with Gasteiger partial charge in [-0.05, 0) is 12.8 Å². The highest BCUT2D eigenvalue weighted by Gasteiger charge is 2.25. The quantitative estimate of drug-likeness (QED) is 0.826. The molecule has 3 rings (SSSR count). The molecule has 1 aliphatic carbocycles. The van der Waals surface area contributed by atoms with Crippen LogP contribution >= 0.6 is 0 Å². The molecule has 1 aromatic rings. The number of hydrogen-bond acceptors (Lipinski definition) is 2. The van der Waals surface area contributed by atoms with Crippen LogP contribution in [0.15, 0.2) is 0 Å². The van der Waals surface area contributed by atoms with Gasteiger partial charge in [-0.2, -0.15) is 0 Å². The van der Waals surface area contributed by atoms with E-state index in [-0.39, 0.29) is 0 Å². The van der Waals surface area contributed by atoms with Gasteiger partial charge in [0.2, 0.25) is 0 Å². The second kappa shape index (κ2) is 4.21. The predicted molar refractivity (Wildman–Crippen MR) is 64.5 cm³/mol. The Labute approximate surface area is 97.3 Å². The predicted octanol–water partition coefficient (Wildman–Crippen LogP) is 2.21. The van der Waals surface area contributed by atoms with Gasteiger partial charge in [0.25, 0.3) is 0 Å². The molecule has 0 unspecified atom stereocenters. The minimum Gasteiger partial charge on any atom is -0.329 e. The maximum atomic E-state index is 4.81. The van der Waals surface area contributed by atoms with Crippen LogP contribution in [0.2, 0.25) is 0 Å². The maximum Gasteiger partial charge on any atom is 0.109 e. The first-order chi connectivity index (χ1) is 7.90. The van der Waals surface area contributed by atoms with Crippen molar-refractivity contribution < 1.29 is 0 Å². The van der Waals surface area contributed by atoms with Crippen molar-refractivity contribution in [1.82, 2.24) is 14.9 Å². The van der Waals surface area contributed by atoms with Gasteiger partial charge in [0.15, 0.2) is 0 Å². The molecule has 88 valence electrons. The minimum absolute atomic E-state index is 0.754. The van der Waals surface area contributed by atoms with Crippen molar-refractivity contribution in [2.45, 2.75) is 58.0 Å². The van der Waals surface area contributed by atoms with Gasteiger partial charge in [-0.1, -0.05) is 19.8 Å². The van der Waals surface area contributed by atoms with Crippen LogP contribution in [-0.4, -0.2) is 16.1 Å². The van der Waals surface area contributed by atoms with E-state index in [1.807, 2.05) is 0 Å². The van der Waals surface area contributed by atoms with Crippen LogP contribution in [0.3, 0.4) is 0 Å². The molecule has 0 radical (unpaired) electrons. The first-order valence-corrected chi connectivity index (χ1v) is 6.69. The first-order valence-electron chi connectivity index (χ1n) is 6.69. The maximum absolute atomic E-state index is 4.81. The molecular formula is C13H21N3. The molecule has 0 spiro atoms. The summed E-state index contributed by atoms with van der Waals surface area (Å²) in [7, 11) is 0. The van der Waals surface area contributed by atoms with E-state index in [1.165, 1.54) is 49.3 Å². The minimum atomic E-state index is 0.754. The van der Waals surface area contributed by atoms with Gasteiger partial charge < -0.3 is 9.88 Å². The van der Waals surface area contributed by atoms with Crippen molar-refractivity contribution in [3.63, 3.8) is 0 Å². The van der Waals surface area contributed by atoms with E-state index in [4.69, 9.17) is 4.98 Å². The molecule has 2 heterocycles. The standard InChI is InChI=1S/C13H21N3/c1-2-13-15-11-9-14-8-7-12(11)16(13)10-5-3-4-6-10/h10,14H,2-9H2,1H3. The molecule has 1 aliphatic heterocycles. The summed E-state index contributed by atoms with van der Waals surface area (Å²) in [5, 5.41) is 3.42. The molecule has 0 amide bonds. The number of imidazole rings is 1. The fraction of sp³-hybridized carbons (Fsp3) is 0.769. The molecule has 0 atom stereocenters. The van der Waals surface area contributed by atoms with Gasteiger partial charge in [-0.15, -0.1) is 0 Å². The SMILES string of the molecule is CCc1nc2c(n1C1CCCC1)CCNC2. The molecule has 1 N–H and O–H groups in total. The van der Waals surface area contributed by atoms with Crippen molar-refractivity contribution in [3.05, 3.63) is 17.2 Å². The molecule has 2 aliphatic rings. The Morgan fingerprint density at radius 3 is 2.94 bits per heavy atom. The Morgan fingerprint density at radius 1 is 1.38 bits per heavy atom. The summed E-state index contributed by atoms with van der Waals surface area (Å²) in [4.78, 5) is 4.81. The third-order valence-corrected chi connectivity index (χ3v) is 4.00. The van der Waals surface area contributed by atoms with Crippen LogP contribution in [0.4, 0.5) is 0 Å². The molecule has 1 aromatic heterocycles. The highest BCUT2D eigenvalue weighted by atomic mass is 15.1. The number of aryl methyl sites for hydroxylation is 1. The lowest BCUT2D eigenvalue weighted by atomic mass is 10.1. The fourth-order valence-corrected chi connectivity index (χ4v) is 3.23. The average molecular weight is 219 g/mol. The Kier molecular flexibility index (Phi) is 2.72. The van der Waals surface area contributed by atoms with Crippen LogP contribution in [0.5, 0.6) is 0 Å². The summed E-state index contributed by atoms with van der Waals surface area (Å²) in [6.45, 7) is 4.32. The van der Waals surface area contributed by atoms with Crippen molar-refractivity contribution in [2.24, 2.45) is 0 Å². The van der Waals surface area contributed by atoms with Gasteiger partial charge in [0, 0.05) is 37.7 Å². The number of aromatic nitrogens is 2. The van der Waals surface area contributed by atoms with E-state index in [9.17, 15) is 0 Å². The van der Waals surface area contributed by atoms with Gasteiger partial charge in [0.05, 0.1) is 5.69 Å². The molecule has 1 fully saturated rings. The van der Waals surface area contributed by atoms with Crippen molar-refractivity contribution in [2.75, 3.05) is 6.54 Å². The zero-order chi connectivity index (χ0) is 11.0. The summed E-state index contributed by atoms with van der Waals surface area (Å²) in [5.41, 5.74) is 2.84. The highest BCUT2D eigenvalue weighted by molar-refractivity contribution is 5.21. The van der Waals surface area contributed by atoms with Crippen LogP contribution in [0, 0.1) is 0 Å². The lowest BCUT2D eigenvalue weighted by Gasteiger charge is -2.21. The molecule has 1 saturated carbocycles. The Balaban J connectivity index is 2.02. The van der Waals surface area contributed by atoms with Crippen molar-refractivity contribution in [3.8, 4) is 0 Å². The average Bonchev–Trinajstić information content (AvgIpc) is 2.94. The summed E-state index contributed by atoms with van der Waals surface area (Å²) >= 11 is 0. The van der Waals surface area contributed by atoms with Gasteiger partial charge in [0.1, 0.15) is 5.82 Å². The molecule has 0 bridgehead atoms. The van der Waals surface area contributed by atoms with E-state index >= 15 is 0 Å². The second-order valence-corrected chi connectivity index (χ2v) is 5.01. The van der Waals surface area contributed by atoms with Crippen molar-refractivity contribution >= 4 is 0 Å². The van der Waals surface area contributed by atoms with Crippen molar-refractivity contribution in [1.29, 1.82) is 0 Å². The number of nitrogens with one attached hydrogen (secondary N) is 1. The Hall–Kier alpha value is -0.830. The molecule has 0 aromatic carbocycles. The van der Waals surface area contributed by atoms with Gasteiger partial charge in [-0.25, -0.2) is 4.98 Å². The van der Waals surface area contributed by atoms with E-state index in [1.54, 1.807) is 0 Å². The van der Waals surface area contributed by atoms with Gasteiger partial charge in [-0.3, -0.25) is 0 Å². The zero-order valence-electron chi connectivity index (χ0n) is 10.1. The smallest absolute Gasteiger partial charge is 0.109 e. The second-order valence-electron chi connectivity index (χ2n) is 5.01. The Bertz CT molecular complexity index is 375. The third-order valence-electron chi connectivity index (χ3n) is 4.00. The molecule has 0 saturated heterocycles. The van der Waals surface area contributed by atoms with E-state index in [2.05, 4.69) is 16.8 Å². The summed E-state index contributed by atoms with van der Waals surface area (Å²) in [6, 6.07) is 0.754. The summed E-state index contributed by atoms with van der Waals surface area (Å²) < 4.78 is 2.59. The third kappa shape index (κ3) is 1.58. The monoisotopic (exact) mass is 219 g/mol. The molecular weight excluding hydrogens is 198 g/mol.